The maximum Gasteiger partial charge on any atom is 0.294 e. The first-order valence-electron chi connectivity index (χ1n) is 5.10. The van der Waals surface area contributed by atoms with E-state index >= 15 is 0 Å². The van der Waals surface area contributed by atoms with Gasteiger partial charge in [-0.05, 0) is 12.1 Å². The SMILES string of the molecule is Nc1ccc(N(CCO)CCO)cc1[N+](=O)[O-]. The van der Waals surface area contributed by atoms with E-state index in [4.69, 9.17) is 15.9 Å². The van der Waals surface area contributed by atoms with E-state index in [0.717, 1.165) is 0 Å². The maximum absolute atomic E-state index is 10.7. The normalized spacial score (nSPS) is 10.2. The van der Waals surface area contributed by atoms with Gasteiger partial charge in [-0.15, -0.1) is 0 Å². The first kappa shape index (κ1) is 13.2. The lowest BCUT2D eigenvalue weighted by molar-refractivity contribution is -0.383. The van der Waals surface area contributed by atoms with Gasteiger partial charge in [-0.2, -0.15) is 0 Å². The van der Waals surface area contributed by atoms with E-state index in [2.05, 4.69) is 0 Å². The van der Waals surface area contributed by atoms with Crippen LogP contribution in [0.4, 0.5) is 17.1 Å². The Balaban J connectivity index is 3.03. The van der Waals surface area contributed by atoms with Gasteiger partial charge in [0.25, 0.3) is 5.69 Å². The molecule has 7 heteroatoms. The molecule has 0 aliphatic carbocycles. The summed E-state index contributed by atoms with van der Waals surface area (Å²) in [4.78, 5) is 11.8. The molecule has 0 saturated heterocycles. The molecule has 0 aliphatic heterocycles. The standard InChI is InChI=1S/C10H15N3O4/c11-9-2-1-8(7-10(9)13(16)17)12(3-5-14)4-6-15/h1-2,7,14-15H,3-6,11H2. The predicted molar refractivity (Wildman–Crippen MR) is 63.9 cm³/mol. The van der Waals surface area contributed by atoms with Crippen molar-refractivity contribution >= 4 is 17.1 Å². The molecule has 0 aromatic heterocycles. The summed E-state index contributed by atoms with van der Waals surface area (Å²) in [7, 11) is 0. The molecule has 0 radical (unpaired) electrons. The number of rotatable bonds is 6. The highest BCUT2D eigenvalue weighted by molar-refractivity contribution is 5.66. The van der Waals surface area contributed by atoms with Gasteiger partial charge < -0.3 is 20.8 Å². The second-order valence-electron chi connectivity index (χ2n) is 3.43. The summed E-state index contributed by atoms with van der Waals surface area (Å²) in [5, 5.41) is 28.5. The van der Waals surface area contributed by atoms with Crippen molar-refractivity contribution in [2.75, 3.05) is 36.9 Å². The highest BCUT2D eigenvalue weighted by Gasteiger charge is 2.14. The molecule has 7 nitrogen and oxygen atoms in total. The Morgan fingerprint density at radius 3 is 2.35 bits per heavy atom. The van der Waals surface area contributed by atoms with Crippen molar-refractivity contribution in [2.45, 2.75) is 0 Å². The second kappa shape index (κ2) is 6.02. The summed E-state index contributed by atoms with van der Waals surface area (Å²) in [6.45, 7) is 0.389. The van der Waals surface area contributed by atoms with Gasteiger partial charge >= 0.3 is 0 Å². The van der Waals surface area contributed by atoms with E-state index in [-0.39, 0.29) is 24.6 Å². The molecule has 1 aromatic rings. The van der Waals surface area contributed by atoms with Crippen LogP contribution in [-0.4, -0.2) is 41.4 Å². The molecule has 0 bridgehead atoms. The van der Waals surface area contributed by atoms with E-state index in [1.54, 1.807) is 11.0 Å². The summed E-state index contributed by atoms with van der Waals surface area (Å²) in [6.07, 6.45) is 0. The van der Waals surface area contributed by atoms with Crippen molar-refractivity contribution in [2.24, 2.45) is 0 Å². The largest absolute Gasteiger partial charge is 0.395 e. The monoisotopic (exact) mass is 241 g/mol. The average molecular weight is 241 g/mol. The predicted octanol–water partition coefficient (Wildman–Crippen LogP) is -0.0320. The van der Waals surface area contributed by atoms with Gasteiger partial charge in [-0.3, -0.25) is 10.1 Å². The van der Waals surface area contributed by atoms with Crippen LogP contribution in [0.5, 0.6) is 0 Å². The Morgan fingerprint density at radius 1 is 1.29 bits per heavy atom. The van der Waals surface area contributed by atoms with E-state index in [1.165, 1.54) is 12.1 Å². The Kier molecular flexibility index (Phi) is 4.68. The fourth-order valence-corrected chi connectivity index (χ4v) is 1.50. The molecule has 1 aromatic carbocycles. The van der Waals surface area contributed by atoms with Crippen molar-refractivity contribution in [3.8, 4) is 0 Å². The van der Waals surface area contributed by atoms with Gasteiger partial charge in [0.15, 0.2) is 0 Å². The number of nitrogen functional groups attached to an aromatic ring is 1. The van der Waals surface area contributed by atoms with Crippen LogP contribution in [0, 0.1) is 10.1 Å². The molecule has 0 amide bonds. The van der Waals surface area contributed by atoms with Gasteiger partial charge in [-0.1, -0.05) is 0 Å². The van der Waals surface area contributed by atoms with Crippen LogP contribution in [0.25, 0.3) is 0 Å². The molecule has 1 rings (SSSR count). The molecule has 0 atom stereocenters. The average Bonchev–Trinajstić information content (AvgIpc) is 2.29. The van der Waals surface area contributed by atoms with E-state index in [0.29, 0.717) is 18.8 Å². The minimum atomic E-state index is -0.561. The molecular formula is C10H15N3O4. The Bertz CT molecular complexity index is 391. The maximum atomic E-state index is 10.7. The van der Waals surface area contributed by atoms with Crippen LogP contribution in [-0.2, 0) is 0 Å². The number of aliphatic hydroxyl groups is 2. The molecule has 0 aliphatic rings. The number of nitro groups is 1. The molecular weight excluding hydrogens is 226 g/mol. The third-order valence-electron chi connectivity index (χ3n) is 2.32. The van der Waals surface area contributed by atoms with Crippen LogP contribution < -0.4 is 10.6 Å². The highest BCUT2D eigenvalue weighted by atomic mass is 16.6. The number of benzene rings is 1. The van der Waals surface area contributed by atoms with Crippen molar-refractivity contribution in [1.29, 1.82) is 0 Å². The zero-order chi connectivity index (χ0) is 12.8. The molecule has 0 saturated carbocycles. The number of hydrogen-bond donors (Lipinski definition) is 3. The molecule has 17 heavy (non-hydrogen) atoms. The fraction of sp³-hybridized carbons (Fsp3) is 0.400. The van der Waals surface area contributed by atoms with Crippen LogP contribution in [0.3, 0.4) is 0 Å². The summed E-state index contributed by atoms with van der Waals surface area (Å²) >= 11 is 0. The summed E-state index contributed by atoms with van der Waals surface area (Å²) < 4.78 is 0. The van der Waals surface area contributed by atoms with Gasteiger partial charge in [0, 0.05) is 24.8 Å². The van der Waals surface area contributed by atoms with Crippen LogP contribution in [0.2, 0.25) is 0 Å². The smallest absolute Gasteiger partial charge is 0.294 e. The van der Waals surface area contributed by atoms with E-state index in [1.807, 2.05) is 0 Å². The Hall–Kier alpha value is -1.86. The number of hydrogen-bond acceptors (Lipinski definition) is 6. The Labute approximate surface area is 98.2 Å². The third-order valence-corrected chi connectivity index (χ3v) is 2.32. The van der Waals surface area contributed by atoms with Gasteiger partial charge in [0.2, 0.25) is 0 Å². The zero-order valence-electron chi connectivity index (χ0n) is 9.24. The number of nitro benzene ring substituents is 1. The summed E-state index contributed by atoms with van der Waals surface area (Å²) in [5.74, 6) is 0. The quantitative estimate of drug-likeness (QED) is 0.366. The lowest BCUT2D eigenvalue weighted by Gasteiger charge is -2.22. The van der Waals surface area contributed by atoms with Crippen LogP contribution in [0.1, 0.15) is 0 Å². The number of nitrogens with zero attached hydrogens (tertiary/aromatic N) is 2. The van der Waals surface area contributed by atoms with Crippen molar-refractivity contribution < 1.29 is 15.1 Å². The molecule has 0 spiro atoms. The van der Waals surface area contributed by atoms with Crippen molar-refractivity contribution in [1.82, 2.24) is 0 Å². The lowest BCUT2D eigenvalue weighted by atomic mass is 10.2. The molecule has 94 valence electrons. The zero-order valence-corrected chi connectivity index (χ0v) is 9.24. The molecule has 0 heterocycles. The molecule has 0 unspecified atom stereocenters. The first-order valence-corrected chi connectivity index (χ1v) is 5.10. The van der Waals surface area contributed by atoms with Crippen LogP contribution in [0.15, 0.2) is 18.2 Å². The van der Waals surface area contributed by atoms with Gasteiger partial charge in [0.1, 0.15) is 5.69 Å². The van der Waals surface area contributed by atoms with Crippen LogP contribution >= 0.6 is 0 Å². The summed E-state index contributed by atoms with van der Waals surface area (Å²) in [6, 6.07) is 4.39. The molecule has 0 fully saturated rings. The van der Waals surface area contributed by atoms with E-state index < -0.39 is 4.92 Å². The van der Waals surface area contributed by atoms with Crippen molar-refractivity contribution in [3.05, 3.63) is 28.3 Å². The lowest BCUT2D eigenvalue weighted by Crippen LogP contribution is -2.29. The van der Waals surface area contributed by atoms with Gasteiger partial charge in [0.05, 0.1) is 18.1 Å². The van der Waals surface area contributed by atoms with Crippen molar-refractivity contribution in [3.63, 3.8) is 0 Å². The number of aliphatic hydroxyl groups excluding tert-OH is 2. The van der Waals surface area contributed by atoms with E-state index in [9.17, 15) is 10.1 Å². The summed E-state index contributed by atoms with van der Waals surface area (Å²) in [5.41, 5.74) is 5.94. The minimum Gasteiger partial charge on any atom is -0.395 e. The highest BCUT2D eigenvalue weighted by Crippen LogP contribution is 2.27. The second-order valence-corrected chi connectivity index (χ2v) is 3.43. The minimum absolute atomic E-state index is 0.0895. The Morgan fingerprint density at radius 2 is 1.88 bits per heavy atom. The number of anilines is 2. The first-order chi connectivity index (χ1) is 8.10. The fourth-order valence-electron chi connectivity index (χ4n) is 1.50. The third kappa shape index (κ3) is 3.30. The topological polar surface area (TPSA) is 113 Å². The molecule has 4 N–H and O–H groups in total. The number of nitrogens with two attached hydrogens (primary N) is 1. The van der Waals surface area contributed by atoms with Gasteiger partial charge in [-0.25, -0.2) is 0 Å².